The maximum atomic E-state index is 5.41. The summed E-state index contributed by atoms with van der Waals surface area (Å²) in [6.07, 6.45) is 2.92. The van der Waals surface area contributed by atoms with Crippen molar-refractivity contribution >= 4 is 23.1 Å². The second-order valence-corrected chi connectivity index (χ2v) is 2.19. The summed E-state index contributed by atoms with van der Waals surface area (Å²) >= 11 is 4.62. The summed E-state index contributed by atoms with van der Waals surface area (Å²) in [6.45, 7) is 0. The molecule has 1 aromatic heterocycles. The molecular formula is C5H7N5S. The number of anilines is 1. The molecule has 0 aliphatic heterocycles. The van der Waals surface area contributed by atoms with Crippen LogP contribution in [0.3, 0.4) is 0 Å². The highest BCUT2D eigenvalue weighted by Crippen LogP contribution is 2.01. The number of hydrogen-bond acceptors (Lipinski definition) is 4. The summed E-state index contributed by atoms with van der Waals surface area (Å²) in [7, 11) is 0. The van der Waals surface area contributed by atoms with E-state index >= 15 is 0 Å². The minimum atomic E-state index is 0.0729. The van der Waals surface area contributed by atoms with E-state index in [0.29, 0.717) is 5.82 Å². The van der Waals surface area contributed by atoms with E-state index < -0.39 is 0 Å². The molecule has 1 heterocycles. The van der Waals surface area contributed by atoms with Gasteiger partial charge in [-0.1, -0.05) is 0 Å². The van der Waals surface area contributed by atoms with E-state index in [-0.39, 0.29) is 5.11 Å². The third-order valence-corrected chi connectivity index (χ3v) is 1.25. The lowest BCUT2D eigenvalue weighted by atomic mass is 10.6. The molecule has 0 bridgehead atoms. The summed E-state index contributed by atoms with van der Waals surface area (Å²) in [4.78, 5) is 7.53. The van der Waals surface area contributed by atoms with E-state index in [4.69, 9.17) is 11.6 Å². The zero-order valence-electron chi connectivity index (χ0n) is 5.64. The Kier molecular flexibility index (Phi) is 2.29. The quantitative estimate of drug-likeness (QED) is 0.332. The Bertz CT molecular complexity index is 248. The van der Waals surface area contributed by atoms with Gasteiger partial charge in [-0.3, -0.25) is 0 Å². The van der Waals surface area contributed by atoms with Crippen molar-refractivity contribution in [2.24, 2.45) is 11.6 Å². The summed E-state index contributed by atoms with van der Waals surface area (Å²) in [5.41, 5.74) is 5.24. The van der Waals surface area contributed by atoms with Gasteiger partial charge in [0.25, 0.3) is 0 Å². The SMILES string of the molecule is NC(=S)N(N)c1ccncn1. The fraction of sp³-hybridized carbons (Fsp3) is 0. The minimum Gasteiger partial charge on any atom is -0.375 e. The highest BCUT2D eigenvalue weighted by molar-refractivity contribution is 7.80. The first-order valence-corrected chi connectivity index (χ1v) is 3.23. The minimum absolute atomic E-state index is 0.0729. The number of thiocarbonyl (C=S) groups is 1. The third kappa shape index (κ3) is 1.82. The van der Waals surface area contributed by atoms with Crippen molar-refractivity contribution in [3.63, 3.8) is 0 Å². The predicted molar refractivity (Wildman–Crippen MR) is 45.5 cm³/mol. The lowest BCUT2D eigenvalue weighted by Crippen LogP contribution is -2.41. The van der Waals surface area contributed by atoms with E-state index in [2.05, 4.69) is 22.2 Å². The third-order valence-electron chi connectivity index (χ3n) is 1.05. The fourth-order valence-corrected chi connectivity index (χ4v) is 0.633. The summed E-state index contributed by atoms with van der Waals surface area (Å²) in [6, 6.07) is 1.61. The van der Waals surface area contributed by atoms with E-state index in [9.17, 15) is 0 Å². The monoisotopic (exact) mass is 169 g/mol. The molecule has 0 saturated heterocycles. The van der Waals surface area contributed by atoms with Gasteiger partial charge in [-0.2, -0.15) is 0 Å². The predicted octanol–water partition coefficient (Wildman–Crippen LogP) is -0.600. The fourth-order valence-electron chi connectivity index (χ4n) is 0.539. The lowest BCUT2D eigenvalue weighted by molar-refractivity contribution is 1.04. The lowest BCUT2D eigenvalue weighted by Gasteiger charge is -2.13. The smallest absolute Gasteiger partial charge is 0.186 e. The van der Waals surface area contributed by atoms with Crippen LogP contribution in [0.15, 0.2) is 18.6 Å². The molecule has 0 spiro atoms. The van der Waals surface area contributed by atoms with Crippen molar-refractivity contribution in [3.8, 4) is 0 Å². The molecule has 0 amide bonds. The maximum Gasteiger partial charge on any atom is 0.186 e. The van der Waals surface area contributed by atoms with Gasteiger partial charge in [-0.15, -0.1) is 0 Å². The molecule has 0 aromatic carbocycles. The topological polar surface area (TPSA) is 81.1 Å². The van der Waals surface area contributed by atoms with Gasteiger partial charge in [0.05, 0.1) is 0 Å². The number of aromatic nitrogens is 2. The second kappa shape index (κ2) is 3.22. The molecule has 0 aliphatic carbocycles. The molecule has 4 N–H and O–H groups in total. The molecule has 0 radical (unpaired) electrons. The van der Waals surface area contributed by atoms with E-state index in [1.54, 1.807) is 12.3 Å². The van der Waals surface area contributed by atoms with Gasteiger partial charge >= 0.3 is 0 Å². The van der Waals surface area contributed by atoms with Crippen LogP contribution in [-0.4, -0.2) is 15.1 Å². The van der Waals surface area contributed by atoms with Gasteiger partial charge in [0, 0.05) is 12.3 Å². The van der Waals surface area contributed by atoms with Crippen molar-refractivity contribution in [3.05, 3.63) is 18.6 Å². The molecule has 0 atom stereocenters. The average molecular weight is 169 g/mol. The van der Waals surface area contributed by atoms with Crippen molar-refractivity contribution in [2.75, 3.05) is 5.01 Å². The first kappa shape index (κ1) is 7.83. The van der Waals surface area contributed by atoms with Crippen LogP contribution in [0.1, 0.15) is 0 Å². The molecule has 11 heavy (non-hydrogen) atoms. The normalized spacial score (nSPS) is 9.18. The Morgan fingerprint density at radius 3 is 2.82 bits per heavy atom. The van der Waals surface area contributed by atoms with Crippen LogP contribution in [-0.2, 0) is 0 Å². The van der Waals surface area contributed by atoms with Crippen LogP contribution < -0.4 is 16.6 Å². The van der Waals surface area contributed by atoms with Gasteiger partial charge in [0.15, 0.2) is 10.9 Å². The largest absolute Gasteiger partial charge is 0.375 e. The highest BCUT2D eigenvalue weighted by Gasteiger charge is 2.02. The first-order chi connectivity index (χ1) is 5.22. The molecular weight excluding hydrogens is 162 g/mol. The van der Waals surface area contributed by atoms with Gasteiger partial charge in [0.2, 0.25) is 0 Å². The van der Waals surface area contributed by atoms with Crippen molar-refractivity contribution in [1.82, 2.24) is 9.97 Å². The first-order valence-electron chi connectivity index (χ1n) is 2.82. The molecule has 1 rings (SSSR count). The number of hydrogen-bond donors (Lipinski definition) is 2. The standard InChI is InChI=1S/C5H7N5S/c6-5(11)10(7)4-1-2-8-3-9-4/h1-3H,7H2,(H2,6,11). The van der Waals surface area contributed by atoms with Crippen molar-refractivity contribution in [1.29, 1.82) is 0 Å². The number of hydrazine groups is 1. The van der Waals surface area contributed by atoms with Gasteiger partial charge < -0.3 is 5.73 Å². The molecule has 1 aromatic rings. The molecule has 0 aliphatic rings. The second-order valence-electron chi connectivity index (χ2n) is 1.78. The Hall–Kier alpha value is -1.27. The number of nitrogens with zero attached hydrogens (tertiary/aromatic N) is 3. The van der Waals surface area contributed by atoms with Crippen LogP contribution in [0.25, 0.3) is 0 Å². The summed E-state index contributed by atoms with van der Waals surface area (Å²) in [5, 5.41) is 1.18. The molecule has 58 valence electrons. The Morgan fingerprint density at radius 1 is 1.64 bits per heavy atom. The van der Waals surface area contributed by atoms with Crippen molar-refractivity contribution in [2.45, 2.75) is 0 Å². The van der Waals surface area contributed by atoms with E-state index in [1.807, 2.05) is 0 Å². The highest BCUT2D eigenvalue weighted by atomic mass is 32.1. The van der Waals surface area contributed by atoms with Gasteiger partial charge in [0.1, 0.15) is 6.33 Å². The molecule has 5 nitrogen and oxygen atoms in total. The molecule has 0 fully saturated rings. The van der Waals surface area contributed by atoms with Crippen LogP contribution in [0.5, 0.6) is 0 Å². The molecule has 0 unspecified atom stereocenters. The zero-order chi connectivity index (χ0) is 8.27. The van der Waals surface area contributed by atoms with Crippen LogP contribution in [0.4, 0.5) is 5.82 Å². The van der Waals surface area contributed by atoms with Crippen LogP contribution in [0.2, 0.25) is 0 Å². The van der Waals surface area contributed by atoms with Gasteiger partial charge in [-0.05, 0) is 12.2 Å². The van der Waals surface area contributed by atoms with Crippen LogP contribution >= 0.6 is 12.2 Å². The number of rotatable bonds is 1. The molecule has 6 heteroatoms. The summed E-state index contributed by atoms with van der Waals surface area (Å²) in [5.74, 6) is 5.89. The van der Waals surface area contributed by atoms with E-state index in [1.165, 1.54) is 6.33 Å². The van der Waals surface area contributed by atoms with E-state index in [0.717, 1.165) is 5.01 Å². The molecule has 0 saturated carbocycles. The maximum absolute atomic E-state index is 5.41. The van der Waals surface area contributed by atoms with Crippen molar-refractivity contribution < 1.29 is 0 Å². The van der Waals surface area contributed by atoms with Gasteiger partial charge in [-0.25, -0.2) is 20.8 Å². The zero-order valence-corrected chi connectivity index (χ0v) is 6.45. The van der Waals surface area contributed by atoms with Crippen LogP contribution in [0, 0.1) is 0 Å². The Morgan fingerprint density at radius 2 is 2.36 bits per heavy atom. The Balaban J connectivity index is 2.85. The average Bonchev–Trinajstić information content (AvgIpc) is 2.05. The Labute approximate surface area is 69.0 Å². The summed E-state index contributed by atoms with van der Waals surface area (Å²) < 4.78 is 0. The number of nitrogens with two attached hydrogens (primary N) is 2.